The minimum Gasteiger partial charge on any atom is -0.341 e. The van der Waals surface area contributed by atoms with Crippen molar-refractivity contribution < 1.29 is 9.59 Å². The molecule has 0 aliphatic carbocycles. The third-order valence-electron chi connectivity index (χ3n) is 3.64. The van der Waals surface area contributed by atoms with Gasteiger partial charge in [-0.15, -0.1) is 0 Å². The van der Waals surface area contributed by atoms with Crippen LogP contribution in [0.5, 0.6) is 0 Å². The third-order valence-corrected chi connectivity index (χ3v) is 3.64. The van der Waals surface area contributed by atoms with Crippen molar-refractivity contribution in [3.63, 3.8) is 0 Å². The maximum absolute atomic E-state index is 12.1. The lowest BCUT2D eigenvalue weighted by molar-refractivity contribution is -0.148. The number of rotatable bonds is 8. The lowest BCUT2D eigenvalue weighted by atomic mass is 10.00. The molecule has 0 aromatic carbocycles. The Balaban J connectivity index is 2.21. The van der Waals surface area contributed by atoms with Gasteiger partial charge >= 0.3 is 0 Å². The average molecular weight is 268 g/mol. The van der Waals surface area contributed by atoms with E-state index in [2.05, 4.69) is 12.2 Å². The van der Waals surface area contributed by atoms with Gasteiger partial charge in [0.2, 0.25) is 11.8 Å². The van der Waals surface area contributed by atoms with E-state index in [0.717, 1.165) is 12.8 Å². The maximum atomic E-state index is 12.1. The molecule has 0 aromatic rings. The van der Waals surface area contributed by atoms with Crippen LogP contribution < -0.4 is 5.32 Å². The average Bonchev–Trinajstić information content (AvgIpc) is 2.33. The van der Waals surface area contributed by atoms with E-state index in [9.17, 15) is 9.59 Å². The lowest BCUT2D eigenvalue weighted by Crippen LogP contribution is -2.63. The summed E-state index contributed by atoms with van der Waals surface area (Å²) >= 11 is 0. The second-order valence-electron chi connectivity index (χ2n) is 6.02. The molecule has 0 atom stereocenters. The van der Waals surface area contributed by atoms with E-state index in [1.165, 1.54) is 32.1 Å². The summed E-state index contributed by atoms with van der Waals surface area (Å²) in [5.74, 6) is -0.00868. The van der Waals surface area contributed by atoms with Crippen LogP contribution in [0.1, 0.15) is 65.7 Å². The molecular weight excluding hydrogens is 240 g/mol. The van der Waals surface area contributed by atoms with Crippen molar-refractivity contribution in [2.45, 2.75) is 71.3 Å². The molecule has 19 heavy (non-hydrogen) atoms. The Hall–Kier alpha value is -1.06. The first kappa shape index (κ1) is 16.0. The van der Waals surface area contributed by atoms with Gasteiger partial charge in [0.05, 0.1) is 6.54 Å². The molecule has 0 aromatic heterocycles. The number of amides is 2. The van der Waals surface area contributed by atoms with E-state index in [1.807, 2.05) is 0 Å². The highest BCUT2D eigenvalue weighted by Crippen LogP contribution is 2.14. The zero-order chi connectivity index (χ0) is 14.3. The van der Waals surface area contributed by atoms with Gasteiger partial charge in [-0.05, 0) is 20.3 Å². The van der Waals surface area contributed by atoms with Crippen LogP contribution in [0.15, 0.2) is 0 Å². The third kappa shape index (κ3) is 5.21. The first-order valence-corrected chi connectivity index (χ1v) is 7.57. The molecular formula is C15H28N2O2. The summed E-state index contributed by atoms with van der Waals surface area (Å²) in [5.41, 5.74) is -0.740. The Bertz CT molecular complexity index is 313. The van der Waals surface area contributed by atoms with Gasteiger partial charge in [0.25, 0.3) is 0 Å². The molecule has 4 nitrogen and oxygen atoms in total. The zero-order valence-electron chi connectivity index (χ0n) is 12.6. The molecule has 1 aliphatic heterocycles. The molecule has 0 radical (unpaired) electrons. The molecule has 1 N–H and O–H groups in total. The minimum absolute atomic E-state index is 0.0399. The summed E-state index contributed by atoms with van der Waals surface area (Å²) in [6.07, 6.45) is 8.57. The topological polar surface area (TPSA) is 49.4 Å². The van der Waals surface area contributed by atoms with Gasteiger partial charge in [0, 0.05) is 6.54 Å². The summed E-state index contributed by atoms with van der Waals surface area (Å²) in [7, 11) is 0. The van der Waals surface area contributed by atoms with Crippen molar-refractivity contribution >= 4 is 11.8 Å². The fraction of sp³-hybridized carbons (Fsp3) is 0.867. The summed E-state index contributed by atoms with van der Waals surface area (Å²) in [6, 6.07) is 0. The molecule has 0 spiro atoms. The Morgan fingerprint density at radius 1 is 1.05 bits per heavy atom. The largest absolute Gasteiger partial charge is 0.341 e. The normalized spacial score (nSPS) is 18.6. The SMILES string of the molecule is CCCCCCCCCN1CC(=O)NC(C)(C)C1=O. The fourth-order valence-corrected chi connectivity index (χ4v) is 2.52. The molecule has 0 saturated carbocycles. The van der Waals surface area contributed by atoms with E-state index in [4.69, 9.17) is 0 Å². The second-order valence-corrected chi connectivity index (χ2v) is 6.02. The van der Waals surface area contributed by atoms with E-state index in [0.29, 0.717) is 6.54 Å². The predicted molar refractivity (Wildman–Crippen MR) is 76.8 cm³/mol. The minimum atomic E-state index is -0.740. The highest BCUT2D eigenvalue weighted by Gasteiger charge is 2.38. The molecule has 4 heteroatoms. The molecule has 0 bridgehead atoms. The fourth-order valence-electron chi connectivity index (χ4n) is 2.52. The number of nitrogens with one attached hydrogen (secondary N) is 1. The standard InChI is InChI=1S/C15H28N2O2/c1-4-5-6-7-8-9-10-11-17-12-13(18)16-15(2,3)14(17)19/h4-12H2,1-3H3,(H,16,18). The van der Waals surface area contributed by atoms with Crippen LogP contribution >= 0.6 is 0 Å². The highest BCUT2D eigenvalue weighted by molar-refractivity contribution is 5.97. The summed E-state index contributed by atoms with van der Waals surface area (Å²) in [4.78, 5) is 25.3. The van der Waals surface area contributed by atoms with Crippen LogP contribution in [0, 0.1) is 0 Å². The van der Waals surface area contributed by atoms with Crippen molar-refractivity contribution in [3.05, 3.63) is 0 Å². The van der Waals surface area contributed by atoms with E-state index in [-0.39, 0.29) is 18.4 Å². The van der Waals surface area contributed by atoms with Gasteiger partial charge in [-0.25, -0.2) is 0 Å². The van der Waals surface area contributed by atoms with Gasteiger partial charge in [-0.1, -0.05) is 45.4 Å². The van der Waals surface area contributed by atoms with Crippen LogP contribution in [0.4, 0.5) is 0 Å². The van der Waals surface area contributed by atoms with Crippen molar-refractivity contribution in [2.75, 3.05) is 13.1 Å². The summed E-state index contributed by atoms with van der Waals surface area (Å²) < 4.78 is 0. The van der Waals surface area contributed by atoms with Crippen LogP contribution in [-0.2, 0) is 9.59 Å². The van der Waals surface area contributed by atoms with Gasteiger partial charge in [-0.3, -0.25) is 9.59 Å². The molecule has 1 aliphatic rings. The zero-order valence-corrected chi connectivity index (χ0v) is 12.6. The number of carbonyl (C=O) groups is 2. The molecule has 1 fully saturated rings. The maximum Gasteiger partial charge on any atom is 0.248 e. The number of unbranched alkanes of at least 4 members (excludes halogenated alkanes) is 6. The van der Waals surface area contributed by atoms with Crippen molar-refractivity contribution in [2.24, 2.45) is 0 Å². The van der Waals surface area contributed by atoms with Gasteiger partial charge in [0.15, 0.2) is 0 Å². The molecule has 1 saturated heterocycles. The van der Waals surface area contributed by atoms with Crippen molar-refractivity contribution in [1.29, 1.82) is 0 Å². The van der Waals surface area contributed by atoms with Crippen LogP contribution in [0.2, 0.25) is 0 Å². The van der Waals surface area contributed by atoms with Crippen LogP contribution in [0.3, 0.4) is 0 Å². The quantitative estimate of drug-likeness (QED) is 0.688. The molecule has 110 valence electrons. The smallest absolute Gasteiger partial charge is 0.248 e. The predicted octanol–water partition coefficient (Wildman–Crippen LogP) is 2.47. The highest BCUT2D eigenvalue weighted by atomic mass is 16.2. The molecule has 1 rings (SSSR count). The Labute approximate surface area is 116 Å². The molecule has 1 heterocycles. The monoisotopic (exact) mass is 268 g/mol. The van der Waals surface area contributed by atoms with E-state index < -0.39 is 5.54 Å². The van der Waals surface area contributed by atoms with Crippen LogP contribution in [-0.4, -0.2) is 35.3 Å². The van der Waals surface area contributed by atoms with E-state index >= 15 is 0 Å². The number of hydrogen-bond acceptors (Lipinski definition) is 2. The Kier molecular flexibility index (Phi) is 6.32. The Morgan fingerprint density at radius 2 is 1.63 bits per heavy atom. The Morgan fingerprint density at radius 3 is 2.26 bits per heavy atom. The van der Waals surface area contributed by atoms with Crippen LogP contribution in [0.25, 0.3) is 0 Å². The molecule has 2 amide bonds. The number of hydrogen-bond donors (Lipinski definition) is 1. The lowest BCUT2D eigenvalue weighted by Gasteiger charge is -2.37. The molecule has 0 unspecified atom stereocenters. The number of piperazine rings is 1. The van der Waals surface area contributed by atoms with Gasteiger partial charge in [-0.2, -0.15) is 0 Å². The second kappa shape index (κ2) is 7.51. The van der Waals surface area contributed by atoms with Crippen molar-refractivity contribution in [3.8, 4) is 0 Å². The summed E-state index contributed by atoms with van der Waals surface area (Å²) in [5, 5.41) is 2.73. The first-order valence-electron chi connectivity index (χ1n) is 7.57. The van der Waals surface area contributed by atoms with Gasteiger partial charge < -0.3 is 10.2 Å². The summed E-state index contributed by atoms with van der Waals surface area (Å²) in [6.45, 7) is 6.69. The number of carbonyl (C=O) groups excluding carboxylic acids is 2. The van der Waals surface area contributed by atoms with Crippen molar-refractivity contribution in [1.82, 2.24) is 10.2 Å². The van der Waals surface area contributed by atoms with E-state index in [1.54, 1.807) is 18.7 Å². The first-order chi connectivity index (χ1) is 8.97. The van der Waals surface area contributed by atoms with Gasteiger partial charge in [0.1, 0.15) is 5.54 Å². The number of nitrogens with zero attached hydrogens (tertiary/aromatic N) is 1.